The first-order valence-electron chi connectivity index (χ1n) is 6.14. The molecule has 0 spiro atoms. The van der Waals surface area contributed by atoms with Gasteiger partial charge in [-0.25, -0.2) is 4.39 Å². The largest absolute Gasteiger partial charge is 0.481 e. The van der Waals surface area contributed by atoms with Gasteiger partial charge in [0.05, 0.1) is 10.7 Å². The van der Waals surface area contributed by atoms with Crippen LogP contribution in [0.15, 0.2) is 42.5 Å². The average molecular weight is 328 g/mol. The van der Waals surface area contributed by atoms with Gasteiger partial charge in [-0.1, -0.05) is 23.2 Å². The fourth-order valence-corrected chi connectivity index (χ4v) is 1.94. The number of hydrogen-bond donors (Lipinski definition) is 1. The molecule has 0 bridgehead atoms. The SMILES string of the molecule is C[C@@H](Oc1ccc(F)cc1)C(=O)Nc1cc(Cl)ccc1Cl. The van der Waals surface area contributed by atoms with E-state index in [2.05, 4.69) is 5.32 Å². The minimum atomic E-state index is -0.773. The van der Waals surface area contributed by atoms with Crippen LogP contribution in [0.3, 0.4) is 0 Å². The summed E-state index contributed by atoms with van der Waals surface area (Å²) in [7, 11) is 0. The van der Waals surface area contributed by atoms with Crippen LogP contribution >= 0.6 is 23.2 Å². The topological polar surface area (TPSA) is 38.3 Å². The maximum Gasteiger partial charge on any atom is 0.265 e. The Morgan fingerprint density at radius 2 is 1.86 bits per heavy atom. The van der Waals surface area contributed by atoms with Gasteiger partial charge in [0.25, 0.3) is 5.91 Å². The summed E-state index contributed by atoms with van der Waals surface area (Å²) in [5, 5.41) is 3.46. The molecule has 0 aliphatic carbocycles. The van der Waals surface area contributed by atoms with Crippen molar-refractivity contribution in [1.82, 2.24) is 0 Å². The van der Waals surface area contributed by atoms with Crippen LogP contribution in [0.1, 0.15) is 6.92 Å². The third kappa shape index (κ3) is 4.34. The van der Waals surface area contributed by atoms with Crippen LogP contribution in [0.4, 0.5) is 10.1 Å². The Kier molecular flexibility index (Phi) is 5.04. The lowest BCUT2D eigenvalue weighted by Gasteiger charge is -2.15. The molecular formula is C15H12Cl2FNO2. The van der Waals surface area contributed by atoms with Crippen LogP contribution in [0.5, 0.6) is 5.75 Å². The van der Waals surface area contributed by atoms with Crippen molar-refractivity contribution in [2.45, 2.75) is 13.0 Å². The molecule has 0 heterocycles. The molecule has 6 heteroatoms. The lowest BCUT2D eigenvalue weighted by molar-refractivity contribution is -0.122. The molecule has 1 amide bonds. The van der Waals surface area contributed by atoms with Gasteiger partial charge in [-0.15, -0.1) is 0 Å². The average Bonchev–Trinajstić information content (AvgIpc) is 2.45. The third-order valence-electron chi connectivity index (χ3n) is 2.68. The number of carbonyl (C=O) groups is 1. The lowest BCUT2D eigenvalue weighted by Crippen LogP contribution is -2.30. The van der Waals surface area contributed by atoms with Crippen molar-refractivity contribution in [2.75, 3.05) is 5.32 Å². The zero-order chi connectivity index (χ0) is 15.4. The molecule has 0 radical (unpaired) electrons. The minimum Gasteiger partial charge on any atom is -0.481 e. The Balaban J connectivity index is 2.02. The normalized spacial score (nSPS) is 11.8. The summed E-state index contributed by atoms with van der Waals surface area (Å²) in [6.45, 7) is 1.58. The Morgan fingerprint density at radius 3 is 2.52 bits per heavy atom. The number of ether oxygens (including phenoxy) is 1. The van der Waals surface area contributed by atoms with E-state index in [1.807, 2.05) is 0 Å². The highest BCUT2D eigenvalue weighted by atomic mass is 35.5. The van der Waals surface area contributed by atoms with Crippen molar-refractivity contribution in [3.8, 4) is 5.75 Å². The molecule has 2 rings (SSSR count). The molecule has 0 aliphatic heterocycles. The zero-order valence-corrected chi connectivity index (χ0v) is 12.6. The van der Waals surface area contributed by atoms with E-state index < -0.39 is 6.10 Å². The van der Waals surface area contributed by atoms with Crippen LogP contribution in [-0.2, 0) is 4.79 Å². The number of hydrogen-bond acceptors (Lipinski definition) is 2. The van der Waals surface area contributed by atoms with Crippen molar-refractivity contribution >= 4 is 34.8 Å². The molecule has 0 saturated heterocycles. The summed E-state index contributed by atoms with van der Waals surface area (Å²) >= 11 is 11.8. The summed E-state index contributed by atoms with van der Waals surface area (Å²) in [5.41, 5.74) is 0.406. The quantitative estimate of drug-likeness (QED) is 0.895. The number of anilines is 1. The van der Waals surface area contributed by atoms with Crippen LogP contribution in [-0.4, -0.2) is 12.0 Å². The predicted molar refractivity (Wildman–Crippen MR) is 81.6 cm³/mol. The molecule has 0 fully saturated rings. The molecule has 0 unspecified atom stereocenters. The van der Waals surface area contributed by atoms with Gasteiger partial charge in [0.15, 0.2) is 6.10 Å². The first kappa shape index (κ1) is 15.6. The maximum atomic E-state index is 12.8. The second-order valence-electron chi connectivity index (χ2n) is 4.33. The van der Waals surface area contributed by atoms with E-state index in [1.165, 1.54) is 24.3 Å². The molecule has 0 saturated carbocycles. The van der Waals surface area contributed by atoms with Gasteiger partial charge in [-0.2, -0.15) is 0 Å². The molecule has 0 aliphatic rings. The second kappa shape index (κ2) is 6.78. The Hall–Kier alpha value is -1.78. The maximum absolute atomic E-state index is 12.8. The first-order valence-corrected chi connectivity index (χ1v) is 6.89. The first-order chi connectivity index (χ1) is 9.95. The lowest BCUT2D eigenvalue weighted by atomic mass is 10.3. The molecule has 2 aromatic carbocycles. The number of amides is 1. The van der Waals surface area contributed by atoms with Gasteiger partial charge in [-0.3, -0.25) is 4.79 Å². The number of carbonyl (C=O) groups excluding carboxylic acids is 1. The van der Waals surface area contributed by atoms with Gasteiger partial charge in [0.1, 0.15) is 11.6 Å². The number of benzene rings is 2. The zero-order valence-electron chi connectivity index (χ0n) is 11.1. The van der Waals surface area contributed by atoms with Gasteiger partial charge in [0, 0.05) is 5.02 Å². The fraction of sp³-hybridized carbons (Fsp3) is 0.133. The second-order valence-corrected chi connectivity index (χ2v) is 5.17. The van der Waals surface area contributed by atoms with E-state index in [1.54, 1.807) is 25.1 Å². The van der Waals surface area contributed by atoms with Crippen LogP contribution < -0.4 is 10.1 Å². The van der Waals surface area contributed by atoms with Crippen molar-refractivity contribution in [3.63, 3.8) is 0 Å². The minimum absolute atomic E-state index is 0.370. The van der Waals surface area contributed by atoms with Gasteiger partial charge in [-0.05, 0) is 49.4 Å². The predicted octanol–water partition coefficient (Wildman–Crippen LogP) is 4.54. The van der Waals surface area contributed by atoms with Gasteiger partial charge < -0.3 is 10.1 Å². The van der Waals surface area contributed by atoms with Crippen molar-refractivity contribution in [1.29, 1.82) is 0 Å². The molecule has 110 valence electrons. The standard InChI is InChI=1S/C15H12Cl2FNO2/c1-9(21-12-5-3-11(18)4-6-12)15(20)19-14-8-10(16)2-7-13(14)17/h2-9H,1H3,(H,19,20)/t9-/m1/s1. The van der Waals surface area contributed by atoms with E-state index in [0.29, 0.717) is 21.5 Å². The molecule has 3 nitrogen and oxygen atoms in total. The summed E-state index contributed by atoms with van der Waals surface area (Å²) < 4.78 is 18.2. The molecule has 0 aromatic heterocycles. The van der Waals surface area contributed by atoms with Crippen molar-refractivity contribution in [2.24, 2.45) is 0 Å². The summed E-state index contributed by atoms with van der Waals surface area (Å²) in [6, 6.07) is 10.2. The van der Waals surface area contributed by atoms with E-state index >= 15 is 0 Å². The number of nitrogens with one attached hydrogen (secondary N) is 1. The van der Waals surface area contributed by atoms with Crippen LogP contribution in [0, 0.1) is 5.82 Å². The van der Waals surface area contributed by atoms with Crippen LogP contribution in [0.2, 0.25) is 10.0 Å². The Bertz CT molecular complexity index is 647. The van der Waals surface area contributed by atoms with Gasteiger partial charge >= 0.3 is 0 Å². The number of halogens is 3. The molecule has 1 atom stereocenters. The fourth-order valence-electron chi connectivity index (χ4n) is 1.60. The van der Waals surface area contributed by atoms with Gasteiger partial charge in [0.2, 0.25) is 0 Å². The molecule has 2 aromatic rings. The smallest absolute Gasteiger partial charge is 0.265 e. The highest BCUT2D eigenvalue weighted by Crippen LogP contribution is 2.25. The highest BCUT2D eigenvalue weighted by molar-refractivity contribution is 6.35. The van der Waals surface area contributed by atoms with E-state index in [-0.39, 0.29) is 11.7 Å². The summed E-state index contributed by atoms with van der Waals surface area (Å²) in [5.74, 6) is -0.357. The monoisotopic (exact) mass is 327 g/mol. The Labute approximate surface area is 131 Å². The highest BCUT2D eigenvalue weighted by Gasteiger charge is 2.16. The summed E-state index contributed by atoms with van der Waals surface area (Å²) in [4.78, 5) is 12.0. The summed E-state index contributed by atoms with van der Waals surface area (Å²) in [6.07, 6.45) is -0.773. The Morgan fingerprint density at radius 1 is 1.19 bits per heavy atom. The molecular weight excluding hydrogens is 316 g/mol. The number of rotatable bonds is 4. The molecule has 21 heavy (non-hydrogen) atoms. The van der Waals surface area contributed by atoms with Crippen molar-refractivity contribution < 1.29 is 13.9 Å². The molecule has 1 N–H and O–H groups in total. The van der Waals surface area contributed by atoms with E-state index in [4.69, 9.17) is 27.9 Å². The van der Waals surface area contributed by atoms with E-state index in [0.717, 1.165) is 0 Å². The van der Waals surface area contributed by atoms with Crippen LogP contribution in [0.25, 0.3) is 0 Å². The van der Waals surface area contributed by atoms with E-state index in [9.17, 15) is 9.18 Å². The third-order valence-corrected chi connectivity index (χ3v) is 3.25. The van der Waals surface area contributed by atoms with Crippen molar-refractivity contribution in [3.05, 3.63) is 58.3 Å².